The molecule has 0 saturated heterocycles. The number of carbonyl (C=O) groups is 2. The summed E-state index contributed by atoms with van der Waals surface area (Å²) in [5.41, 5.74) is 1.89. The van der Waals surface area contributed by atoms with E-state index in [9.17, 15) is 9.59 Å². The number of aryl methyl sites for hydroxylation is 1. The number of para-hydroxylation sites is 1. The lowest BCUT2D eigenvalue weighted by molar-refractivity contribution is -0.142. The van der Waals surface area contributed by atoms with Crippen molar-refractivity contribution in [2.45, 2.75) is 26.4 Å². The molecule has 0 spiro atoms. The van der Waals surface area contributed by atoms with Gasteiger partial charge in [0.25, 0.3) is 5.91 Å². The van der Waals surface area contributed by atoms with E-state index in [-0.39, 0.29) is 18.4 Å². The number of rotatable bonds is 7. The first kappa shape index (κ1) is 20.0. The van der Waals surface area contributed by atoms with Crippen LogP contribution in [0.1, 0.15) is 18.1 Å². The first-order valence-electron chi connectivity index (χ1n) is 8.36. The fourth-order valence-electron chi connectivity index (χ4n) is 2.56. The lowest BCUT2D eigenvalue weighted by Gasteiger charge is -2.28. The molecule has 0 heterocycles. The first-order valence-corrected chi connectivity index (χ1v) is 9.15. The molecule has 0 radical (unpaired) electrons. The third kappa shape index (κ3) is 5.33. The van der Waals surface area contributed by atoms with Crippen molar-refractivity contribution in [1.29, 1.82) is 0 Å². The van der Waals surface area contributed by atoms with Gasteiger partial charge in [0.2, 0.25) is 5.91 Å². The summed E-state index contributed by atoms with van der Waals surface area (Å²) in [6.45, 7) is 3.83. The largest absolute Gasteiger partial charge is 0.484 e. The van der Waals surface area contributed by atoms with Gasteiger partial charge in [0.1, 0.15) is 11.8 Å². The van der Waals surface area contributed by atoms with Crippen LogP contribution in [0.5, 0.6) is 5.75 Å². The van der Waals surface area contributed by atoms with Crippen LogP contribution in [0.4, 0.5) is 0 Å². The molecular formula is C20H23BrN2O3. The van der Waals surface area contributed by atoms with E-state index >= 15 is 0 Å². The van der Waals surface area contributed by atoms with E-state index in [4.69, 9.17) is 4.74 Å². The molecule has 0 aliphatic carbocycles. The summed E-state index contributed by atoms with van der Waals surface area (Å²) >= 11 is 3.43. The Morgan fingerprint density at radius 2 is 1.92 bits per heavy atom. The highest BCUT2D eigenvalue weighted by Crippen LogP contribution is 2.18. The van der Waals surface area contributed by atoms with E-state index in [0.717, 1.165) is 15.6 Å². The maximum Gasteiger partial charge on any atom is 0.261 e. The van der Waals surface area contributed by atoms with Crippen molar-refractivity contribution in [3.05, 3.63) is 64.1 Å². The molecule has 1 atom stereocenters. The predicted octanol–water partition coefficient (Wildman–Crippen LogP) is 3.30. The Kier molecular flexibility index (Phi) is 7.21. The number of nitrogens with one attached hydrogen (secondary N) is 1. The van der Waals surface area contributed by atoms with E-state index in [0.29, 0.717) is 12.3 Å². The molecule has 5 nitrogen and oxygen atoms in total. The van der Waals surface area contributed by atoms with Crippen LogP contribution in [0, 0.1) is 6.92 Å². The molecule has 2 aromatic rings. The van der Waals surface area contributed by atoms with Crippen molar-refractivity contribution < 1.29 is 14.3 Å². The number of nitrogens with zero attached hydrogens (tertiary/aromatic N) is 1. The standard InChI is InChI=1S/C20H23BrN2O3/c1-14-7-4-5-10-18(14)26-13-19(24)23(15(2)20(25)22-3)12-16-8-6-9-17(21)11-16/h4-11,15H,12-13H2,1-3H3,(H,22,25)/t15-/m1/s1. The number of hydrogen-bond acceptors (Lipinski definition) is 3. The van der Waals surface area contributed by atoms with Crippen LogP contribution in [0.2, 0.25) is 0 Å². The van der Waals surface area contributed by atoms with Gasteiger partial charge in [-0.05, 0) is 43.2 Å². The third-order valence-electron chi connectivity index (χ3n) is 4.10. The minimum absolute atomic E-state index is 0.125. The van der Waals surface area contributed by atoms with Gasteiger partial charge in [0, 0.05) is 18.1 Å². The van der Waals surface area contributed by atoms with Gasteiger partial charge in [-0.2, -0.15) is 0 Å². The Labute approximate surface area is 162 Å². The fraction of sp³-hybridized carbons (Fsp3) is 0.300. The van der Waals surface area contributed by atoms with Crippen LogP contribution >= 0.6 is 15.9 Å². The second-order valence-corrected chi connectivity index (χ2v) is 6.91. The Morgan fingerprint density at radius 3 is 2.58 bits per heavy atom. The lowest BCUT2D eigenvalue weighted by atomic mass is 10.1. The molecule has 0 unspecified atom stereocenters. The molecule has 0 aliphatic heterocycles. The van der Waals surface area contributed by atoms with E-state index in [1.165, 1.54) is 4.90 Å². The molecule has 0 bridgehead atoms. The van der Waals surface area contributed by atoms with E-state index in [1.807, 2.05) is 55.5 Å². The SMILES string of the molecule is CNC(=O)[C@@H](C)N(Cc1cccc(Br)c1)C(=O)COc1ccccc1C. The summed E-state index contributed by atoms with van der Waals surface area (Å²) < 4.78 is 6.59. The number of likely N-dealkylation sites (N-methyl/N-ethyl adjacent to an activating group) is 1. The van der Waals surface area contributed by atoms with Crippen molar-refractivity contribution in [1.82, 2.24) is 10.2 Å². The van der Waals surface area contributed by atoms with Crippen molar-refractivity contribution in [2.75, 3.05) is 13.7 Å². The van der Waals surface area contributed by atoms with Gasteiger partial charge in [-0.3, -0.25) is 9.59 Å². The van der Waals surface area contributed by atoms with Crippen molar-refractivity contribution >= 4 is 27.7 Å². The second-order valence-electron chi connectivity index (χ2n) is 6.00. The van der Waals surface area contributed by atoms with Crippen LogP contribution in [0.15, 0.2) is 53.0 Å². The predicted molar refractivity (Wildman–Crippen MR) is 105 cm³/mol. The molecular weight excluding hydrogens is 396 g/mol. The van der Waals surface area contributed by atoms with Gasteiger partial charge in [-0.15, -0.1) is 0 Å². The normalized spacial score (nSPS) is 11.5. The summed E-state index contributed by atoms with van der Waals surface area (Å²) in [4.78, 5) is 26.4. The minimum atomic E-state index is -0.605. The van der Waals surface area contributed by atoms with E-state index < -0.39 is 6.04 Å². The molecule has 1 N–H and O–H groups in total. The number of amides is 2. The van der Waals surface area contributed by atoms with Crippen LogP contribution in [0.3, 0.4) is 0 Å². The Morgan fingerprint density at radius 1 is 1.19 bits per heavy atom. The maximum absolute atomic E-state index is 12.8. The quantitative estimate of drug-likeness (QED) is 0.750. The lowest BCUT2D eigenvalue weighted by Crippen LogP contribution is -2.48. The Hall–Kier alpha value is -2.34. The average molecular weight is 419 g/mol. The summed E-state index contributed by atoms with van der Waals surface area (Å²) in [6, 6.07) is 14.6. The smallest absolute Gasteiger partial charge is 0.261 e. The Bertz CT molecular complexity index is 779. The monoisotopic (exact) mass is 418 g/mol. The third-order valence-corrected chi connectivity index (χ3v) is 4.59. The summed E-state index contributed by atoms with van der Waals surface area (Å²) in [7, 11) is 1.56. The molecule has 26 heavy (non-hydrogen) atoms. The van der Waals surface area contributed by atoms with Crippen LogP contribution in [-0.2, 0) is 16.1 Å². The molecule has 0 aliphatic rings. The van der Waals surface area contributed by atoms with Gasteiger partial charge in [0.15, 0.2) is 6.61 Å². The highest BCUT2D eigenvalue weighted by atomic mass is 79.9. The number of carbonyl (C=O) groups excluding carboxylic acids is 2. The maximum atomic E-state index is 12.8. The molecule has 0 aromatic heterocycles. The number of hydrogen-bond donors (Lipinski definition) is 1. The van der Waals surface area contributed by atoms with Gasteiger partial charge < -0.3 is 15.0 Å². The minimum Gasteiger partial charge on any atom is -0.484 e. The molecule has 2 rings (SSSR count). The molecule has 0 fully saturated rings. The molecule has 0 saturated carbocycles. The zero-order valence-electron chi connectivity index (χ0n) is 15.2. The number of ether oxygens (including phenoxy) is 1. The van der Waals surface area contributed by atoms with Crippen LogP contribution in [-0.4, -0.2) is 36.4 Å². The van der Waals surface area contributed by atoms with Gasteiger partial charge in [-0.25, -0.2) is 0 Å². The zero-order valence-corrected chi connectivity index (χ0v) is 16.7. The van der Waals surface area contributed by atoms with Crippen LogP contribution < -0.4 is 10.1 Å². The average Bonchev–Trinajstić information content (AvgIpc) is 2.64. The topological polar surface area (TPSA) is 58.6 Å². The van der Waals surface area contributed by atoms with Gasteiger partial charge >= 0.3 is 0 Å². The van der Waals surface area contributed by atoms with Crippen molar-refractivity contribution in [2.24, 2.45) is 0 Å². The molecule has 138 valence electrons. The second kappa shape index (κ2) is 9.38. The summed E-state index contributed by atoms with van der Waals surface area (Å²) in [5, 5.41) is 2.60. The van der Waals surface area contributed by atoms with E-state index in [1.54, 1.807) is 14.0 Å². The number of halogens is 1. The zero-order chi connectivity index (χ0) is 19.1. The molecule has 6 heteroatoms. The highest BCUT2D eigenvalue weighted by molar-refractivity contribution is 9.10. The summed E-state index contributed by atoms with van der Waals surface area (Å²) in [5.74, 6) is 0.199. The first-order chi connectivity index (χ1) is 12.4. The van der Waals surface area contributed by atoms with Gasteiger partial charge in [0.05, 0.1) is 0 Å². The number of benzene rings is 2. The van der Waals surface area contributed by atoms with Crippen molar-refractivity contribution in [3.63, 3.8) is 0 Å². The van der Waals surface area contributed by atoms with Crippen molar-refractivity contribution in [3.8, 4) is 5.75 Å². The Balaban J connectivity index is 2.15. The van der Waals surface area contributed by atoms with Gasteiger partial charge in [-0.1, -0.05) is 46.3 Å². The summed E-state index contributed by atoms with van der Waals surface area (Å²) in [6.07, 6.45) is 0. The fourth-order valence-corrected chi connectivity index (χ4v) is 3.01. The van der Waals surface area contributed by atoms with E-state index in [2.05, 4.69) is 21.2 Å². The highest BCUT2D eigenvalue weighted by Gasteiger charge is 2.26. The molecule has 2 amide bonds. The van der Waals surface area contributed by atoms with Crippen LogP contribution in [0.25, 0.3) is 0 Å². The molecule has 2 aromatic carbocycles.